The third-order valence-corrected chi connectivity index (χ3v) is 4.70. The van der Waals surface area contributed by atoms with Crippen molar-refractivity contribution in [2.24, 2.45) is 0 Å². The predicted molar refractivity (Wildman–Crippen MR) is 93.1 cm³/mol. The van der Waals surface area contributed by atoms with Crippen LogP contribution in [0.15, 0.2) is 23.1 Å². The van der Waals surface area contributed by atoms with Gasteiger partial charge in [0.25, 0.3) is 0 Å². The van der Waals surface area contributed by atoms with Crippen LogP contribution in [0.4, 0.5) is 5.69 Å². The summed E-state index contributed by atoms with van der Waals surface area (Å²) < 4.78 is 32.8. The lowest BCUT2D eigenvalue weighted by atomic mass is 10.2. The van der Waals surface area contributed by atoms with Crippen LogP contribution in [0.5, 0.6) is 0 Å². The van der Waals surface area contributed by atoms with E-state index in [2.05, 4.69) is 10.0 Å². The molecule has 0 aliphatic carbocycles. The molecule has 24 heavy (non-hydrogen) atoms. The molecule has 0 radical (unpaired) electrons. The number of sulfonamides is 1. The van der Waals surface area contributed by atoms with E-state index in [9.17, 15) is 13.2 Å². The lowest BCUT2D eigenvalue weighted by Gasteiger charge is -2.16. The molecule has 0 bridgehead atoms. The number of nitrogens with one attached hydrogen (secondary N) is 2. The normalized spacial score (nSPS) is 11.9. The standard InChI is InChI=1S/C16H26N2O5S/c1-11(2)18-24(21,22)15-10-13(16(19)20)6-7-14(15)17-8-5-9-23-12(3)4/h6-7,10-12,17-18H,5,8-9H2,1-4H3,(H,19,20). The van der Waals surface area contributed by atoms with Crippen molar-refractivity contribution < 1.29 is 23.1 Å². The number of hydrogen-bond acceptors (Lipinski definition) is 5. The molecule has 3 N–H and O–H groups in total. The minimum Gasteiger partial charge on any atom is -0.478 e. The molecule has 7 nitrogen and oxygen atoms in total. The van der Waals surface area contributed by atoms with Gasteiger partial charge in [0, 0.05) is 19.2 Å². The van der Waals surface area contributed by atoms with Crippen molar-refractivity contribution in [2.75, 3.05) is 18.5 Å². The van der Waals surface area contributed by atoms with E-state index in [1.807, 2.05) is 13.8 Å². The first kappa shape index (κ1) is 20.4. The SMILES string of the molecule is CC(C)NS(=O)(=O)c1cc(C(=O)O)ccc1NCCCOC(C)C. The Hall–Kier alpha value is -1.64. The van der Waals surface area contributed by atoms with E-state index < -0.39 is 16.0 Å². The highest BCUT2D eigenvalue weighted by Crippen LogP contribution is 2.23. The van der Waals surface area contributed by atoms with Crippen LogP contribution in [0.3, 0.4) is 0 Å². The fraction of sp³-hybridized carbons (Fsp3) is 0.562. The van der Waals surface area contributed by atoms with Gasteiger partial charge in [-0.05, 0) is 52.3 Å². The molecule has 1 rings (SSSR count). The summed E-state index contributed by atoms with van der Waals surface area (Å²) in [7, 11) is -3.81. The van der Waals surface area contributed by atoms with Crippen molar-refractivity contribution in [1.29, 1.82) is 0 Å². The average Bonchev–Trinajstić information content (AvgIpc) is 2.45. The van der Waals surface area contributed by atoms with Crippen LogP contribution in [-0.4, -0.2) is 44.8 Å². The van der Waals surface area contributed by atoms with Crippen molar-refractivity contribution in [3.8, 4) is 0 Å². The second kappa shape index (κ2) is 9.00. The van der Waals surface area contributed by atoms with Crippen LogP contribution >= 0.6 is 0 Å². The molecule has 0 spiro atoms. The Balaban J connectivity index is 2.96. The number of carbonyl (C=O) groups is 1. The van der Waals surface area contributed by atoms with E-state index in [1.54, 1.807) is 13.8 Å². The van der Waals surface area contributed by atoms with E-state index in [1.165, 1.54) is 18.2 Å². The number of aromatic carboxylic acids is 1. The number of carboxylic acids is 1. The summed E-state index contributed by atoms with van der Waals surface area (Å²) in [4.78, 5) is 11.1. The van der Waals surface area contributed by atoms with Gasteiger partial charge in [-0.2, -0.15) is 0 Å². The van der Waals surface area contributed by atoms with E-state index >= 15 is 0 Å². The van der Waals surface area contributed by atoms with Gasteiger partial charge in [0.05, 0.1) is 17.4 Å². The van der Waals surface area contributed by atoms with Gasteiger partial charge < -0.3 is 15.2 Å². The summed E-state index contributed by atoms with van der Waals surface area (Å²) in [6.45, 7) is 8.37. The van der Waals surface area contributed by atoms with E-state index in [0.717, 1.165) is 0 Å². The first-order valence-corrected chi connectivity index (χ1v) is 9.37. The maximum Gasteiger partial charge on any atom is 0.335 e. The number of carboxylic acid groups (broad SMARTS) is 1. The highest BCUT2D eigenvalue weighted by molar-refractivity contribution is 7.89. The Kier molecular flexibility index (Phi) is 7.65. The molecule has 8 heteroatoms. The number of anilines is 1. The Morgan fingerprint density at radius 3 is 2.46 bits per heavy atom. The van der Waals surface area contributed by atoms with E-state index in [-0.39, 0.29) is 22.6 Å². The van der Waals surface area contributed by atoms with Gasteiger partial charge in [0.2, 0.25) is 10.0 Å². The molecule has 0 fully saturated rings. The second-order valence-corrected chi connectivity index (χ2v) is 7.67. The summed E-state index contributed by atoms with van der Waals surface area (Å²) in [6, 6.07) is 3.72. The lowest BCUT2D eigenvalue weighted by molar-refractivity contribution is 0.0696. The maximum absolute atomic E-state index is 12.4. The highest BCUT2D eigenvalue weighted by Gasteiger charge is 2.21. The molecule has 1 aromatic carbocycles. The van der Waals surface area contributed by atoms with Crippen molar-refractivity contribution in [1.82, 2.24) is 4.72 Å². The molecule has 0 aliphatic heterocycles. The van der Waals surface area contributed by atoms with Gasteiger partial charge in [-0.1, -0.05) is 0 Å². The summed E-state index contributed by atoms with van der Waals surface area (Å²) in [5, 5.41) is 12.1. The summed E-state index contributed by atoms with van der Waals surface area (Å²) >= 11 is 0. The molecule has 0 atom stereocenters. The maximum atomic E-state index is 12.4. The number of benzene rings is 1. The quantitative estimate of drug-likeness (QED) is 0.554. The third-order valence-electron chi connectivity index (χ3n) is 3.00. The molecular formula is C16H26N2O5S. The minimum absolute atomic E-state index is 0.0686. The van der Waals surface area contributed by atoms with Gasteiger partial charge in [-0.25, -0.2) is 17.9 Å². The molecule has 0 saturated carbocycles. The summed E-state index contributed by atoms with van der Waals surface area (Å²) in [6.07, 6.45) is 0.849. The number of ether oxygens (including phenoxy) is 1. The Labute approximate surface area is 143 Å². The topological polar surface area (TPSA) is 105 Å². The molecule has 0 amide bonds. The van der Waals surface area contributed by atoms with Gasteiger partial charge in [0.1, 0.15) is 4.90 Å². The monoisotopic (exact) mass is 358 g/mol. The van der Waals surface area contributed by atoms with Crippen molar-refractivity contribution >= 4 is 21.7 Å². The molecule has 0 unspecified atom stereocenters. The predicted octanol–water partition coefficient (Wildman–Crippen LogP) is 2.30. The van der Waals surface area contributed by atoms with Gasteiger partial charge >= 0.3 is 5.97 Å². The molecule has 0 saturated heterocycles. The van der Waals surface area contributed by atoms with Crippen LogP contribution in [0.25, 0.3) is 0 Å². The van der Waals surface area contributed by atoms with Crippen LogP contribution in [0, 0.1) is 0 Å². The molecular weight excluding hydrogens is 332 g/mol. The number of rotatable bonds is 10. The molecule has 0 aromatic heterocycles. The first-order chi connectivity index (χ1) is 11.1. The smallest absolute Gasteiger partial charge is 0.335 e. The van der Waals surface area contributed by atoms with Crippen molar-refractivity contribution in [3.05, 3.63) is 23.8 Å². The van der Waals surface area contributed by atoms with E-state index in [0.29, 0.717) is 25.3 Å². The zero-order chi connectivity index (χ0) is 18.3. The van der Waals surface area contributed by atoms with Crippen molar-refractivity contribution in [2.45, 2.75) is 51.2 Å². The fourth-order valence-electron chi connectivity index (χ4n) is 2.01. The van der Waals surface area contributed by atoms with Crippen molar-refractivity contribution in [3.63, 3.8) is 0 Å². The zero-order valence-electron chi connectivity index (χ0n) is 14.5. The Morgan fingerprint density at radius 1 is 1.25 bits per heavy atom. The molecule has 136 valence electrons. The van der Waals surface area contributed by atoms with Crippen LogP contribution in [0.2, 0.25) is 0 Å². The fourth-order valence-corrected chi connectivity index (χ4v) is 3.47. The Morgan fingerprint density at radius 2 is 1.92 bits per heavy atom. The largest absolute Gasteiger partial charge is 0.478 e. The van der Waals surface area contributed by atoms with Gasteiger partial charge in [0.15, 0.2) is 0 Å². The number of hydrogen-bond donors (Lipinski definition) is 3. The lowest BCUT2D eigenvalue weighted by Crippen LogP contribution is -2.31. The third kappa shape index (κ3) is 6.46. The molecule has 0 aliphatic rings. The second-order valence-electron chi connectivity index (χ2n) is 5.99. The van der Waals surface area contributed by atoms with Crippen LogP contribution in [-0.2, 0) is 14.8 Å². The first-order valence-electron chi connectivity index (χ1n) is 7.88. The van der Waals surface area contributed by atoms with Gasteiger partial charge in [-0.3, -0.25) is 0 Å². The van der Waals surface area contributed by atoms with E-state index in [4.69, 9.17) is 9.84 Å². The zero-order valence-corrected chi connectivity index (χ0v) is 15.3. The van der Waals surface area contributed by atoms with Crippen LogP contribution < -0.4 is 10.0 Å². The average molecular weight is 358 g/mol. The summed E-state index contributed by atoms with van der Waals surface area (Å²) in [5.74, 6) is -1.17. The molecule has 0 heterocycles. The molecule has 1 aromatic rings. The Bertz CT molecular complexity index is 656. The minimum atomic E-state index is -3.81. The summed E-state index contributed by atoms with van der Waals surface area (Å²) in [5.41, 5.74) is 0.297. The highest BCUT2D eigenvalue weighted by atomic mass is 32.2. The van der Waals surface area contributed by atoms with Crippen LogP contribution in [0.1, 0.15) is 44.5 Å². The van der Waals surface area contributed by atoms with Gasteiger partial charge in [-0.15, -0.1) is 0 Å².